The maximum atomic E-state index is 5.77. The number of hydrogen-bond acceptors (Lipinski definition) is 2. The Morgan fingerprint density at radius 2 is 1.28 bits per heavy atom. The van der Waals surface area contributed by atoms with Crippen molar-refractivity contribution in [2.24, 2.45) is 4.99 Å². The van der Waals surface area contributed by atoms with Crippen molar-refractivity contribution in [3.63, 3.8) is 0 Å². The zero-order valence-electron chi connectivity index (χ0n) is 32.4. The molecule has 2 heteroatoms. The predicted octanol–water partition coefficient (Wildman–Crippen LogP) is 14.7. The summed E-state index contributed by atoms with van der Waals surface area (Å²) >= 11 is 0. The molecule has 0 atom stereocenters. The lowest BCUT2D eigenvalue weighted by atomic mass is 9.87. The summed E-state index contributed by atoms with van der Waals surface area (Å²) in [5, 5.41) is 8.40. The zero-order valence-corrected chi connectivity index (χ0v) is 32.4. The third kappa shape index (κ3) is 5.88. The summed E-state index contributed by atoms with van der Waals surface area (Å²) in [5.74, 6) is 0. The van der Waals surface area contributed by atoms with Gasteiger partial charge in [-0.15, -0.1) is 0 Å². The largest absolute Gasteiger partial charge is 0.256 e. The SMILES string of the molecule is C=C(/C(CC)=C(\N=C(/CC)c1cccc2ccccc12)c1cccc2c1-c1ccccc1C2)c1cccc(-c2cc3cccnc3c3ccc4ccccc4c23)c1. The van der Waals surface area contributed by atoms with E-state index in [1.54, 1.807) is 0 Å². The third-order valence-electron chi connectivity index (χ3n) is 11.9. The molecule has 1 aliphatic rings. The van der Waals surface area contributed by atoms with E-state index in [1.807, 2.05) is 12.3 Å². The molecule has 1 aromatic heterocycles. The smallest absolute Gasteiger partial charge is 0.0780 e. The van der Waals surface area contributed by atoms with Gasteiger partial charge >= 0.3 is 0 Å². The van der Waals surface area contributed by atoms with Crippen molar-refractivity contribution < 1.29 is 0 Å². The number of hydrogen-bond donors (Lipinski definition) is 0. The summed E-state index contributed by atoms with van der Waals surface area (Å²) in [4.78, 5) is 10.6. The summed E-state index contributed by atoms with van der Waals surface area (Å²) in [6, 6.07) is 59.4. The Morgan fingerprint density at radius 3 is 2.14 bits per heavy atom. The van der Waals surface area contributed by atoms with Crippen LogP contribution in [-0.4, -0.2) is 10.7 Å². The van der Waals surface area contributed by atoms with Crippen molar-refractivity contribution in [1.29, 1.82) is 0 Å². The first-order chi connectivity index (χ1) is 28.1. The van der Waals surface area contributed by atoms with Crippen LogP contribution in [0.3, 0.4) is 0 Å². The molecule has 0 amide bonds. The first kappa shape index (κ1) is 34.6. The Labute approximate surface area is 334 Å². The van der Waals surface area contributed by atoms with E-state index in [0.717, 1.165) is 74.8 Å². The molecule has 1 heterocycles. The molecule has 57 heavy (non-hydrogen) atoms. The molecule has 0 bridgehead atoms. The first-order valence-corrected chi connectivity index (χ1v) is 20.1. The highest BCUT2D eigenvalue weighted by Gasteiger charge is 2.25. The second-order valence-electron chi connectivity index (χ2n) is 15.1. The Balaban J connectivity index is 1.20. The molecular formula is C55H42N2. The molecule has 0 radical (unpaired) electrons. The minimum atomic E-state index is 0.773. The second-order valence-corrected chi connectivity index (χ2v) is 15.1. The number of benzene rings is 8. The van der Waals surface area contributed by atoms with Gasteiger partial charge in [0.1, 0.15) is 0 Å². The standard InChI is InChI=1S/C55H42N2/c1-4-43(35(3)38-20-12-21-40(32-38)50-34-42-23-15-31-56-54(42)49-30-29-37-17-7-10-25-45(37)53(49)50)55(48-28-14-22-41-33-39-18-8-11-26-46(39)52(41)48)57-51(5-2)47-27-13-19-36-16-6-9-24-44(36)47/h6-32,34H,3-5,33H2,1-2H3/b55-43-,57-51+. The molecule has 0 N–H and O–H groups in total. The minimum absolute atomic E-state index is 0.773. The molecule has 0 saturated heterocycles. The van der Waals surface area contributed by atoms with Crippen molar-refractivity contribution >= 4 is 60.2 Å². The van der Waals surface area contributed by atoms with Crippen LogP contribution in [0.25, 0.3) is 76.7 Å². The van der Waals surface area contributed by atoms with Gasteiger partial charge in [-0.3, -0.25) is 9.98 Å². The molecule has 0 fully saturated rings. The van der Waals surface area contributed by atoms with Crippen molar-refractivity contribution in [3.05, 3.63) is 210 Å². The predicted molar refractivity (Wildman–Crippen MR) is 244 cm³/mol. The van der Waals surface area contributed by atoms with Crippen LogP contribution in [0.4, 0.5) is 0 Å². The van der Waals surface area contributed by atoms with E-state index in [4.69, 9.17) is 16.6 Å². The van der Waals surface area contributed by atoms with Crippen LogP contribution in [-0.2, 0) is 6.42 Å². The van der Waals surface area contributed by atoms with E-state index in [0.29, 0.717) is 0 Å². The Morgan fingerprint density at radius 1 is 0.579 bits per heavy atom. The van der Waals surface area contributed by atoms with E-state index in [9.17, 15) is 0 Å². The number of fused-ring (bicyclic) bond motifs is 9. The monoisotopic (exact) mass is 730 g/mol. The fourth-order valence-corrected chi connectivity index (χ4v) is 9.16. The van der Waals surface area contributed by atoms with Crippen molar-refractivity contribution in [2.75, 3.05) is 0 Å². The van der Waals surface area contributed by atoms with Gasteiger partial charge < -0.3 is 0 Å². The molecular weight excluding hydrogens is 689 g/mol. The van der Waals surface area contributed by atoms with Gasteiger partial charge in [-0.1, -0.05) is 166 Å². The highest BCUT2D eigenvalue weighted by Crippen LogP contribution is 2.45. The third-order valence-corrected chi connectivity index (χ3v) is 11.9. The zero-order chi connectivity index (χ0) is 38.5. The minimum Gasteiger partial charge on any atom is -0.256 e. The van der Waals surface area contributed by atoms with Crippen LogP contribution < -0.4 is 0 Å². The highest BCUT2D eigenvalue weighted by atomic mass is 14.8. The van der Waals surface area contributed by atoms with Gasteiger partial charge in [0.25, 0.3) is 0 Å². The fraction of sp³-hybridized carbons (Fsp3) is 0.0909. The molecule has 8 aromatic carbocycles. The molecule has 1 aliphatic carbocycles. The molecule has 0 spiro atoms. The maximum Gasteiger partial charge on any atom is 0.0780 e. The average Bonchev–Trinajstić information content (AvgIpc) is 3.66. The average molecular weight is 731 g/mol. The van der Waals surface area contributed by atoms with Crippen LogP contribution in [0.5, 0.6) is 0 Å². The van der Waals surface area contributed by atoms with Gasteiger partial charge in [0.05, 0.1) is 11.2 Å². The number of rotatable bonds is 8. The van der Waals surface area contributed by atoms with E-state index in [2.05, 4.69) is 172 Å². The summed E-state index contributed by atoms with van der Waals surface area (Å²) in [6.07, 6.45) is 4.38. The quantitative estimate of drug-likeness (QED) is 0.0868. The summed E-state index contributed by atoms with van der Waals surface area (Å²) in [7, 11) is 0. The lowest BCUT2D eigenvalue weighted by Gasteiger charge is -2.20. The lowest BCUT2D eigenvalue weighted by Crippen LogP contribution is -2.04. The van der Waals surface area contributed by atoms with Crippen LogP contribution >= 0.6 is 0 Å². The van der Waals surface area contributed by atoms with E-state index < -0.39 is 0 Å². The number of aliphatic imine (C=N–C) groups is 1. The fourth-order valence-electron chi connectivity index (χ4n) is 9.16. The van der Waals surface area contributed by atoms with Crippen molar-refractivity contribution in [2.45, 2.75) is 33.1 Å². The molecule has 2 nitrogen and oxygen atoms in total. The molecule has 272 valence electrons. The topological polar surface area (TPSA) is 25.2 Å². The van der Waals surface area contributed by atoms with Gasteiger partial charge in [-0.05, 0) is 114 Å². The van der Waals surface area contributed by atoms with Gasteiger partial charge in [0.15, 0.2) is 0 Å². The second kappa shape index (κ2) is 14.3. The summed E-state index contributed by atoms with van der Waals surface area (Å²) in [6.45, 7) is 9.36. The van der Waals surface area contributed by atoms with Gasteiger partial charge in [0.2, 0.25) is 0 Å². The van der Waals surface area contributed by atoms with Gasteiger partial charge in [0, 0.05) is 33.8 Å². The van der Waals surface area contributed by atoms with E-state index in [-0.39, 0.29) is 0 Å². The Bertz CT molecular complexity index is 3140. The number of nitrogens with zero attached hydrogens (tertiary/aromatic N) is 2. The molecule has 0 saturated carbocycles. The molecule has 9 aromatic rings. The van der Waals surface area contributed by atoms with Crippen LogP contribution in [0, 0.1) is 0 Å². The normalized spacial score (nSPS) is 12.9. The molecule has 10 rings (SSSR count). The van der Waals surface area contributed by atoms with Gasteiger partial charge in [-0.25, -0.2) is 0 Å². The van der Waals surface area contributed by atoms with Gasteiger partial charge in [-0.2, -0.15) is 0 Å². The first-order valence-electron chi connectivity index (χ1n) is 20.1. The maximum absolute atomic E-state index is 5.77. The summed E-state index contributed by atoms with van der Waals surface area (Å²) < 4.78 is 0. The van der Waals surface area contributed by atoms with Crippen LogP contribution in [0.15, 0.2) is 187 Å². The number of pyridine rings is 1. The summed E-state index contributed by atoms with van der Waals surface area (Å²) in [5.41, 5.74) is 16.3. The van der Waals surface area contributed by atoms with Crippen LogP contribution in [0.1, 0.15) is 54.5 Å². The van der Waals surface area contributed by atoms with Crippen LogP contribution in [0.2, 0.25) is 0 Å². The highest BCUT2D eigenvalue weighted by molar-refractivity contribution is 6.22. The number of aromatic nitrogens is 1. The van der Waals surface area contributed by atoms with E-state index >= 15 is 0 Å². The Kier molecular flexibility index (Phi) is 8.68. The molecule has 0 unspecified atom stereocenters. The Hall–Kier alpha value is -6.90. The molecule has 0 aliphatic heterocycles. The lowest BCUT2D eigenvalue weighted by molar-refractivity contribution is 1.15. The van der Waals surface area contributed by atoms with Crippen molar-refractivity contribution in [3.8, 4) is 22.3 Å². The van der Waals surface area contributed by atoms with E-state index in [1.165, 1.54) is 60.3 Å². The van der Waals surface area contributed by atoms with Crippen molar-refractivity contribution in [1.82, 2.24) is 4.98 Å². The number of allylic oxidation sites excluding steroid dienone is 2.